The first kappa shape index (κ1) is 17.2. The number of aromatic nitrogens is 3. The number of rotatable bonds is 4. The van der Waals surface area contributed by atoms with E-state index in [1.165, 1.54) is 6.42 Å². The first-order valence-corrected chi connectivity index (χ1v) is 9.19. The van der Waals surface area contributed by atoms with Crippen LogP contribution in [0.4, 0.5) is 4.79 Å². The van der Waals surface area contributed by atoms with Crippen molar-refractivity contribution >= 4 is 6.03 Å². The number of nitrogens with one attached hydrogen (secondary N) is 2. The highest BCUT2D eigenvalue weighted by Gasteiger charge is 2.35. The summed E-state index contributed by atoms with van der Waals surface area (Å²) in [5, 5.41) is 24.4. The Bertz CT molecular complexity index is 573. The number of aliphatic hydroxyl groups is 1. The smallest absolute Gasteiger partial charge is 0.315 e. The van der Waals surface area contributed by atoms with E-state index in [4.69, 9.17) is 0 Å². The van der Waals surface area contributed by atoms with E-state index in [0.29, 0.717) is 13.1 Å². The van der Waals surface area contributed by atoms with Crippen LogP contribution >= 0.6 is 0 Å². The molecule has 24 heavy (non-hydrogen) atoms. The topological polar surface area (TPSA) is 92.1 Å². The number of fused-ring (bicyclic) bond motifs is 1. The van der Waals surface area contributed by atoms with Crippen LogP contribution in [0.2, 0.25) is 0 Å². The van der Waals surface area contributed by atoms with E-state index in [0.717, 1.165) is 63.1 Å². The summed E-state index contributed by atoms with van der Waals surface area (Å²) in [5.41, 5.74) is -0.221. The molecule has 0 saturated heterocycles. The van der Waals surface area contributed by atoms with Gasteiger partial charge in [0.2, 0.25) is 0 Å². The molecule has 2 unspecified atom stereocenters. The molecule has 3 rings (SSSR count). The van der Waals surface area contributed by atoms with Crippen molar-refractivity contribution in [1.82, 2.24) is 25.4 Å². The number of nitrogens with zero attached hydrogens (tertiary/aromatic N) is 3. The predicted molar refractivity (Wildman–Crippen MR) is 90.4 cm³/mol. The molecular weight excluding hydrogens is 306 g/mol. The summed E-state index contributed by atoms with van der Waals surface area (Å²) in [6, 6.07) is -0.208. The Labute approximate surface area is 143 Å². The van der Waals surface area contributed by atoms with Crippen LogP contribution in [0.5, 0.6) is 0 Å². The SMILES string of the molecule is CC1(CNC(=O)NCc2nnc3n2CCCCC3)CCCCC1O. The molecule has 2 heterocycles. The van der Waals surface area contributed by atoms with Crippen molar-refractivity contribution in [3.8, 4) is 0 Å². The Morgan fingerprint density at radius 2 is 2.12 bits per heavy atom. The minimum atomic E-state index is -0.334. The summed E-state index contributed by atoms with van der Waals surface area (Å²) in [6.07, 6.45) is 8.11. The summed E-state index contributed by atoms with van der Waals surface area (Å²) >= 11 is 0. The van der Waals surface area contributed by atoms with Crippen molar-refractivity contribution in [3.63, 3.8) is 0 Å². The fourth-order valence-corrected chi connectivity index (χ4v) is 3.77. The zero-order valence-corrected chi connectivity index (χ0v) is 14.6. The highest BCUT2D eigenvalue weighted by molar-refractivity contribution is 5.73. The van der Waals surface area contributed by atoms with E-state index in [-0.39, 0.29) is 17.6 Å². The monoisotopic (exact) mass is 335 g/mol. The molecule has 0 aromatic carbocycles. The van der Waals surface area contributed by atoms with Crippen molar-refractivity contribution in [2.45, 2.75) is 77.5 Å². The maximum absolute atomic E-state index is 12.1. The van der Waals surface area contributed by atoms with Crippen molar-refractivity contribution in [3.05, 3.63) is 11.6 Å². The van der Waals surface area contributed by atoms with Gasteiger partial charge >= 0.3 is 6.03 Å². The van der Waals surface area contributed by atoms with Gasteiger partial charge in [0.1, 0.15) is 5.82 Å². The minimum absolute atomic E-state index is 0.208. The Kier molecular flexibility index (Phi) is 5.38. The van der Waals surface area contributed by atoms with E-state index in [1.54, 1.807) is 0 Å². The highest BCUT2D eigenvalue weighted by atomic mass is 16.3. The molecule has 3 N–H and O–H groups in total. The molecule has 1 fully saturated rings. The lowest BCUT2D eigenvalue weighted by Gasteiger charge is -2.38. The number of carbonyl (C=O) groups excluding carboxylic acids is 1. The van der Waals surface area contributed by atoms with Crippen LogP contribution in [0.1, 0.15) is 63.5 Å². The van der Waals surface area contributed by atoms with E-state index in [2.05, 4.69) is 32.3 Å². The van der Waals surface area contributed by atoms with E-state index < -0.39 is 0 Å². The third-order valence-corrected chi connectivity index (χ3v) is 5.53. The number of urea groups is 1. The minimum Gasteiger partial charge on any atom is -0.392 e. The van der Waals surface area contributed by atoms with E-state index in [1.807, 2.05) is 0 Å². The summed E-state index contributed by atoms with van der Waals surface area (Å²) < 4.78 is 2.14. The van der Waals surface area contributed by atoms with Crippen LogP contribution in [0.15, 0.2) is 0 Å². The van der Waals surface area contributed by atoms with Gasteiger partial charge in [-0.25, -0.2) is 4.79 Å². The Morgan fingerprint density at radius 1 is 1.25 bits per heavy atom. The molecular formula is C17H29N5O2. The number of hydrogen-bond acceptors (Lipinski definition) is 4. The second kappa shape index (κ2) is 7.51. The number of hydrogen-bond donors (Lipinski definition) is 3. The van der Waals surface area contributed by atoms with Crippen molar-refractivity contribution in [2.24, 2.45) is 5.41 Å². The lowest BCUT2D eigenvalue weighted by Crippen LogP contribution is -2.47. The van der Waals surface area contributed by atoms with Crippen LogP contribution in [-0.2, 0) is 19.5 Å². The molecule has 2 atom stereocenters. The van der Waals surface area contributed by atoms with Crippen LogP contribution < -0.4 is 10.6 Å². The standard InChI is InChI=1S/C17H29N5O2/c1-17(9-5-4-7-13(17)23)12-19-16(24)18-11-15-21-20-14-8-3-2-6-10-22(14)15/h13,23H,2-12H2,1H3,(H2,18,19,24). The zero-order valence-electron chi connectivity index (χ0n) is 14.6. The largest absolute Gasteiger partial charge is 0.392 e. The van der Waals surface area contributed by atoms with Gasteiger partial charge in [0.15, 0.2) is 5.82 Å². The lowest BCUT2D eigenvalue weighted by molar-refractivity contribution is 0.00308. The molecule has 1 aliphatic carbocycles. The number of amides is 2. The molecule has 134 valence electrons. The molecule has 1 saturated carbocycles. The second-order valence-corrected chi connectivity index (χ2v) is 7.45. The molecule has 0 radical (unpaired) electrons. The summed E-state index contributed by atoms with van der Waals surface area (Å²) in [7, 11) is 0. The first-order chi connectivity index (χ1) is 11.6. The maximum atomic E-state index is 12.1. The molecule has 1 aromatic rings. The van der Waals surface area contributed by atoms with Gasteiger partial charge in [-0.05, 0) is 25.7 Å². The van der Waals surface area contributed by atoms with Gasteiger partial charge in [-0.1, -0.05) is 26.2 Å². The van der Waals surface area contributed by atoms with Crippen LogP contribution in [-0.4, -0.2) is 38.6 Å². The summed E-state index contributed by atoms with van der Waals surface area (Å²) in [5.74, 6) is 1.86. The van der Waals surface area contributed by atoms with E-state index >= 15 is 0 Å². The quantitative estimate of drug-likeness (QED) is 0.781. The molecule has 0 spiro atoms. The Hall–Kier alpha value is -1.63. The molecule has 2 amide bonds. The molecule has 1 aliphatic heterocycles. The van der Waals surface area contributed by atoms with E-state index in [9.17, 15) is 9.90 Å². The van der Waals surface area contributed by atoms with Crippen LogP contribution in [0, 0.1) is 5.41 Å². The maximum Gasteiger partial charge on any atom is 0.315 e. The number of carbonyl (C=O) groups is 1. The van der Waals surface area contributed by atoms with Crippen LogP contribution in [0.25, 0.3) is 0 Å². The predicted octanol–water partition coefficient (Wildman–Crippen LogP) is 1.74. The number of aryl methyl sites for hydroxylation is 1. The van der Waals surface area contributed by atoms with Gasteiger partial charge < -0.3 is 20.3 Å². The first-order valence-electron chi connectivity index (χ1n) is 9.19. The molecule has 1 aromatic heterocycles. The summed E-state index contributed by atoms with van der Waals surface area (Å²) in [4.78, 5) is 12.1. The average molecular weight is 335 g/mol. The van der Waals surface area contributed by atoms with Crippen molar-refractivity contribution in [1.29, 1.82) is 0 Å². The lowest BCUT2D eigenvalue weighted by atomic mass is 9.73. The molecule has 7 heteroatoms. The Morgan fingerprint density at radius 3 is 2.96 bits per heavy atom. The van der Waals surface area contributed by atoms with Gasteiger partial charge in [0, 0.05) is 24.9 Å². The van der Waals surface area contributed by atoms with Gasteiger partial charge in [0.25, 0.3) is 0 Å². The molecule has 0 bridgehead atoms. The molecule has 2 aliphatic rings. The van der Waals surface area contributed by atoms with Gasteiger partial charge in [-0.15, -0.1) is 10.2 Å². The third-order valence-electron chi connectivity index (χ3n) is 5.53. The van der Waals surface area contributed by atoms with Gasteiger partial charge in [-0.3, -0.25) is 0 Å². The normalized spacial score (nSPS) is 27.2. The summed E-state index contributed by atoms with van der Waals surface area (Å²) in [6.45, 7) is 3.87. The number of aliphatic hydroxyl groups excluding tert-OH is 1. The van der Waals surface area contributed by atoms with Gasteiger partial charge in [0.05, 0.1) is 12.6 Å². The molecule has 7 nitrogen and oxygen atoms in total. The van der Waals surface area contributed by atoms with Crippen molar-refractivity contribution in [2.75, 3.05) is 6.54 Å². The zero-order chi connectivity index (χ0) is 17.0. The second-order valence-electron chi connectivity index (χ2n) is 7.45. The van der Waals surface area contributed by atoms with Crippen LogP contribution in [0.3, 0.4) is 0 Å². The fourth-order valence-electron chi connectivity index (χ4n) is 3.77. The highest BCUT2D eigenvalue weighted by Crippen LogP contribution is 2.35. The Balaban J connectivity index is 1.48. The third kappa shape index (κ3) is 3.88. The van der Waals surface area contributed by atoms with Gasteiger partial charge in [-0.2, -0.15) is 0 Å². The average Bonchev–Trinajstić information content (AvgIpc) is 2.80. The van der Waals surface area contributed by atoms with Crippen molar-refractivity contribution < 1.29 is 9.90 Å². The fraction of sp³-hybridized carbons (Fsp3) is 0.824.